The summed E-state index contributed by atoms with van der Waals surface area (Å²) in [7, 11) is 1.73. The molecule has 1 aliphatic carbocycles. The monoisotopic (exact) mass is 397 g/mol. The molecule has 0 unspecified atom stereocenters. The van der Waals surface area contributed by atoms with Crippen molar-refractivity contribution in [2.24, 2.45) is 0 Å². The first-order chi connectivity index (χ1) is 14.0. The molecule has 0 fully saturated rings. The van der Waals surface area contributed by atoms with E-state index in [1.807, 2.05) is 13.8 Å². The standard InChI is InChI=1S/C27H30BO2/c1-25(2)23-10-8-7-9-21(23)22-16-13-19(17-24(22)25)18-11-14-20(15-12-18)28-30-27(5,6)26(3,4)29/h7-17,29H,1-6H3. The van der Waals surface area contributed by atoms with Gasteiger partial charge in [-0.3, -0.25) is 0 Å². The fourth-order valence-electron chi connectivity index (χ4n) is 4.00. The van der Waals surface area contributed by atoms with E-state index in [9.17, 15) is 5.11 Å². The van der Waals surface area contributed by atoms with Gasteiger partial charge in [0.1, 0.15) is 0 Å². The molecule has 30 heavy (non-hydrogen) atoms. The van der Waals surface area contributed by atoms with Gasteiger partial charge < -0.3 is 9.76 Å². The van der Waals surface area contributed by atoms with Crippen molar-refractivity contribution in [2.75, 3.05) is 0 Å². The Kier molecular flexibility index (Phi) is 4.95. The largest absolute Gasteiger partial charge is 0.427 e. The maximum Gasteiger partial charge on any atom is 0.330 e. The minimum Gasteiger partial charge on any atom is -0.427 e. The van der Waals surface area contributed by atoms with E-state index in [1.165, 1.54) is 33.4 Å². The number of hydrogen-bond acceptors (Lipinski definition) is 2. The average Bonchev–Trinajstić information content (AvgIpc) is 2.93. The summed E-state index contributed by atoms with van der Waals surface area (Å²) in [6.45, 7) is 11.9. The Morgan fingerprint density at radius 1 is 0.767 bits per heavy atom. The summed E-state index contributed by atoms with van der Waals surface area (Å²) in [4.78, 5) is 0. The second-order valence-electron chi connectivity index (χ2n) is 9.86. The van der Waals surface area contributed by atoms with Gasteiger partial charge in [0.15, 0.2) is 0 Å². The van der Waals surface area contributed by atoms with Gasteiger partial charge in [-0.15, -0.1) is 0 Å². The molecule has 0 saturated carbocycles. The molecule has 0 heterocycles. The Morgan fingerprint density at radius 2 is 1.37 bits per heavy atom. The first-order valence-electron chi connectivity index (χ1n) is 10.6. The van der Waals surface area contributed by atoms with E-state index in [2.05, 4.69) is 80.6 Å². The van der Waals surface area contributed by atoms with E-state index in [0.717, 1.165) is 5.46 Å². The van der Waals surface area contributed by atoms with Crippen LogP contribution in [0.2, 0.25) is 0 Å². The zero-order chi connectivity index (χ0) is 21.7. The highest BCUT2D eigenvalue weighted by molar-refractivity contribution is 6.47. The van der Waals surface area contributed by atoms with Crippen molar-refractivity contribution in [1.29, 1.82) is 0 Å². The molecular formula is C27H30BO2. The zero-order valence-electron chi connectivity index (χ0n) is 18.8. The molecule has 0 amide bonds. The molecule has 2 nitrogen and oxygen atoms in total. The third-order valence-corrected chi connectivity index (χ3v) is 6.79. The van der Waals surface area contributed by atoms with Crippen LogP contribution in [0.4, 0.5) is 0 Å². The van der Waals surface area contributed by atoms with Crippen LogP contribution < -0.4 is 5.46 Å². The van der Waals surface area contributed by atoms with Crippen LogP contribution in [0.3, 0.4) is 0 Å². The molecule has 4 rings (SSSR count). The quantitative estimate of drug-likeness (QED) is 0.579. The van der Waals surface area contributed by atoms with Crippen LogP contribution in [0.25, 0.3) is 22.3 Å². The van der Waals surface area contributed by atoms with Gasteiger partial charge in [0, 0.05) is 5.41 Å². The van der Waals surface area contributed by atoms with E-state index in [4.69, 9.17) is 4.65 Å². The second kappa shape index (κ2) is 7.11. The third kappa shape index (κ3) is 3.51. The Morgan fingerprint density at radius 3 is 2.03 bits per heavy atom. The lowest BCUT2D eigenvalue weighted by atomic mass is 9.81. The molecule has 0 aromatic heterocycles. The fraction of sp³-hybridized carbons (Fsp3) is 0.333. The predicted molar refractivity (Wildman–Crippen MR) is 126 cm³/mol. The fourth-order valence-corrected chi connectivity index (χ4v) is 4.00. The van der Waals surface area contributed by atoms with E-state index >= 15 is 0 Å². The Hall–Kier alpha value is -2.36. The van der Waals surface area contributed by atoms with Crippen LogP contribution in [0, 0.1) is 0 Å². The van der Waals surface area contributed by atoms with E-state index < -0.39 is 11.2 Å². The first kappa shape index (κ1) is 20.9. The van der Waals surface area contributed by atoms with Crippen LogP contribution in [-0.4, -0.2) is 23.8 Å². The molecular weight excluding hydrogens is 367 g/mol. The van der Waals surface area contributed by atoms with E-state index in [0.29, 0.717) is 0 Å². The van der Waals surface area contributed by atoms with Crippen LogP contribution in [0.5, 0.6) is 0 Å². The molecule has 1 radical (unpaired) electrons. The van der Waals surface area contributed by atoms with Crippen molar-refractivity contribution in [2.45, 2.75) is 58.2 Å². The summed E-state index contributed by atoms with van der Waals surface area (Å²) < 4.78 is 5.87. The predicted octanol–water partition coefficient (Wildman–Crippen LogP) is 5.47. The molecule has 0 spiro atoms. The van der Waals surface area contributed by atoms with Gasteiger partial charge in [-0.2, -0.15) is 0 Å². The van der Waals surface area contributed by atoms with Gasteiger partial charge in [0.05, 0.1) is 11.2 Å². The van der Waals surface area contributed by atoms with Crippen molar-refractivity contribution < 1.29 is 9.76 Å². The van der Waals surface area contributed by atoms with Crippen LogP contribution in [0.1, 0.15) is 52.7 Å². The van der Waals surface area contributed by atoms with E-state index in [-0.39, 0.29) is 5.41 Å². The SMILES string of the molecule is CC1(C)c2ccccc2-c2ccc(-c3ccc([B]OC(C)(C)C(C)(C)O)cc3)cc21. The summed E-state index contributed by atoms with van der Waals surface area (Å²) in [5, 5.41) is 10.3. The van der Waals surface area contributed by atoms with E-state index in [1.54, 1.807) is 21.3 Å². The lowest BCUT2D eigenvalue weighted by Gasteiger charge is -2.37. The molecule has 0 bridgehead atoms. The van der Waals surface area contributed by atoms with Gasteiger partial charge in [0.25, 0.3) is 0 Å². The molecule has 0 atom stereocenters. The lowest BCUT2D eigenvalue weighted by Crippen LogP contribution is -2.49. The van der Waals surface area contributed by atoms with Gasteiger partial charge in [0.2, 0.25) is 0 Å². The number of benzene rings is 3. The lowest BCUT2D eigenvalue weighted by molar-refractivity contribution is -0.0893. The molecule has 0 saturated heterocycles. The summed E-state index contributed by atoms with van der Waals surface area (Å²) in [5.41, 5.74) is 7.25. The molecule has 1 N–H and O–H groups in total. The minimum absolute atomic E-state index is 0.00613. The summed E-state index contributed by atoms with van der Waals surface area (Å²) in [6.07, 6.45) is 0. The number of hydrogen-bond donors (Lipinski definition) is 1. The highest BCUT2D eigenvalue weighted by atomic mass is 16.5. The molecule has 3 aromatic carbocycles. The maximum atomic E-state index is 10.3. The Balaban J connectivity index is 1.58. The van der Waals surface area contributed by atoms with Crippen molar-refractivity contribution in [3.8, 4) is 22.3 Å². The minimum atomic E-state index is -0.932. The summed E-state index contributed by atoms with van der Waals surface area (Å²) in [6, 6.07) is 23.9. The van der Waals surface area contributed by atoms with Crippen molar-refractivity contribution in [3.05, 3.63) is 77.9 Å². The Labute approximate surface area is 181 Å². The normalized spacial score (nSPS) is 14.9. The molecule has 1 aliphatic rings. The van der Waals surface area contributed by atoms with Gasteiger partial charge in [-0.25, -0.2) is 0 Å². The van der Waals surface area contributed by atoms with Crippen molar-refractivity contribution in [1.82, 2.24) is 0 Å². The molecule has 0 aliphatic heterocycles. The van der Waals surface area contributed by atoms with Crippen molar-refractivity contribution >= 4 is 12.9 Å². The summed E-state index contributed by atoms with van der Waals surface area (Å²) >= 11 is 0. The average molecular weight is 397 g/mol. The smallest absolute Gasteiger partial charge is 0.330 e. The Bertz CT molecular complexity index is 1070. The van der Waals surface area contributed by atoms with Crippen molar-refractivity contribution in [3.63, 3.8) is 0 Å². The van der Waals surface area contributed by atoms with Gasteiger partial charge in [-0.1, -0.05) is 80.0 Å². The highest BCUT2D eigenvalue weighted by Crippen LogP contribution is 2.49. The van der Waals surface area contributed by atoms with Gasteiger partial charge >= 0.3 is 7.48 Å². The third-order valence-electron chi connectivity index (χ3n) is 6.79. The van der Waals surface area contributed by atoms with Crippen LogP contribution >= 0.6 is 0 Å². The first-order valence-corrected chi connectivity index (χ1v) is 10.6. The summed E-state index contributed by atoms with van der Waals surface area (Å²) in [5.74, 6) is 0. The second-order valence-corrected chi connectivity index (χ2v) is 9.86. The zero-order valence-corrected chi connectivity index (χ0v) is 18.8. The molecule has 153 valence electrons. The highest BCUT2D eigenvalue weighted by Gasteiger charge is 2.36. The molecule has 3 aromatic rings. The topological polar surface area (TPSA) is 29.5 Å². The number of aliphatic hydroxyl groups is 1. The van der Waals surface area contributed by atoms with Gasteiger partial charge in [-0.05, 0) is 67.1 Å². The number of fused-ring (bicyclic) bond motifs is 3. The van der Waals surface area contributed by atoms with Crippen LogP contribution in [0.15, 0.2) is 66.7 Å². The van der Waals surface area contributed by atoms with Crippen LogP contribution in [-0.2, 0) is 10.1 Å². The number of rotatable bonds is 5. The maximum absolute atomic E-state index is 10.3. The molecule has 3 heteroatoms.